The summed E-state index contributed by atoms with van der Waals surface area (Å²) in [6, 6.07) is 10.8. The van der Waals surface area contributed by atoms with E-state index in [0.29, 0.717) is 5.56 Å². The lowest BCUT2D eigenvalue weighted by molar-refractivity contribution is 0.512. The quantitative estimate of drug-likeness (QED) is 0.856. The summed E-state index contributed by atoms with van der Waals surface area (Å²) in [6.07, 6.45) is 0.756. The van der Waals surface area contributed by atoms with Gasteiger partial charge in [0.2, 0.25) is 0 Å². The lowest BCUT2D eigenvalue weighted by Gasteiger charge is -2.18. The molecule has 1 heterocycles. The van der Waals surface area contributed by atoms with E-state index in [0.717, 1.165) is 22.2 Å². The molecule has 1 unspecified atom stereocenters. The van der Waals surface area contributed by atoms with Crippen LogP contribution in [0.1, 0.15) is 23.4 Å². The van der Waals surface area contributed by atoms with Crippen molar-refractivity contribution >= 4 is 22.9 Å². The van der Waals surface area contributed by atoms with Crippen molar-refractivity contribution in [2.24, 2.45) is 0 Å². The van der Waals surface area contributed by atoms with Crippen molar-refractivity contribution < 1.29 is 4.39 Å². The van der Waals surface area contributed by atoms with Crippen molar-refractivity contribution in [1.82, 2.24) is 5.32 Å². The Balaban J connectivity index is 2.20. The van der Waals surface area contributed by atoms with Crippen LogP contribution in [0.3, 0.4) is 0 Å². The predicted molar refractivity (Wildman–Crippen MR) is 75.9 cm³/mol. The number of hydrogen-bond donors (Lipinski definition) is 1. The molecule has 1 aromatic heterocycles. The van der Waals surface area contributed by atoms with Gasteiger partial charge in [-0.05, 0) is 24.7 Å². The van der Waals surface area contributed by atoms with Crippen molar-refractivity contribution in [3.63, 3.8) is 0 Å². The third kappa shape index (κ3) is 3.31. The number of halogens is 2. The van der Waals surface area contributed by atoms with Crippen molar-refractivity contribution in [2.45, 2.75) is 19.4 Å². The minimum absolute atomic E-state index is 0.00841. The summed E-state index contributed by atoms with van der Waals surface area (Å²) in [5, 5.41) is 3.32. The predicted octanol–water partition coefficient (Wildman–Crippen LogP) is 4.43. The zero-order chi connectivity index (χ0) is 13.0. The molecule has 2 rings (SSSR count). The lowest BCUT2D eigenvalue weighted by atomic mass is 10.0. The second kappa shape index (κ2) is 6.32. The summed E-state index contributed by atoms with van der Waals surface area (Å²) >= 11 is 7.47. The van der Waals surface area contributed by atoms with Gasteiger partial charge in [0.25, 0.3) is 0 Å². The van der Waals surface area contributed by atoms with E-state index in [1.165, 1.54) is 6.07 Å². The Labute approximate surface area is 116 Å². The van der Waals surface area contributed by atoms with Crippen LogP contribution in [0.15, 0.2) is 36.4 Å². The molecule has 4 heteroatoms. The number of nitrogens with one attached hydrogen (secondary N) is 1. The van der Waals surface area contributed by atoms with Gasteiger partial charge in [0.1, 0.15) is 5.82 Å². The zero-order valence-corrected chi connectivity index (χ0v) is 11.7. The monoisotopic (exact) mass is 283 g/mol. The summed E-state index contributed by atoms with van der Waals surface area (Å²) in [7, 11) is 0. The Kier molecular flexibility index (Phi) is 4.75. The van der Waals surface area contributed by atoms with Gasteiger partial charge in [-0.15, -0.1) is 11.3 Å². The Hall–Kier alpha value is -0.900. The average molecular weight is 284 g/mol. The molecule has 0 fully saturated rings. The average Bonchev–Trinajstić information content (AvgIpc) is 2.75. The van der Waals surface area contributed by atoms with Crippen LogP contribution in [0.4, 0.5) is 4.39 Å². The molecule has 0 aliphatic rings. The van der Waals surface area contributed by atoms with E-state index in [4.69, 9.17) is 11.6 Å². The van der Waals surface area contributed by atoms with Gasteiger partial charge in [-0.2, -0.15) is 0 Å². The van der Waals surface area contributed by atoms with Gasteiger partial charge in [0.05, 0.1) is 4.34 Å². The third-order valence-electron chi connectivity index (χ3n) is 2.77. The molecule has 0 radical (unpaired) electrons. The molecule has 18 heavy (non-hydrogen) atoms. The maximum Gasteiger partial charge on any atom is 0.127 e. The largest absolute Gasteiger partial charge is 0.310 e. The molecule has 96 valence electrons. The number of benzene rings is 1. The van der Waals surface area contributed by atoms with Crippen LogP contribution < -0.4 is 5.32 Å². The number of rotatable bonds is 5. The van der Waals surface area contributed by atoms with Gasteiger partial charge in [0.15, 0.2) is 0 Å². The highest BCUT2D eigenvalue weighted by Crippen LogP contribution is 2.27. The van der Waals surface area contributed by atoms with E-state index in [1.54, 1.807) is 17.4 Å². The van der Waals surface area contributed by atoms with Crippen LogP contribution in [0, 0.1) is 5.82 Å². The number of likely N-dealkylation sites (N-methyl/N-ethyl adjacent to an activating group) is 1. The second-order valence-corrected chi connectivity index (χ2v) is 5.84. The molecule has 1 aromatic carbocycles. The van der Waals surface area contributed by atoms with Crippen LogP contribution in [0.25, 0.3) is 0 Å². The molecule has 1 N–H and O–H groups in total. The van der Waals surface area contributed by atoms with Crippen LogP contribution in [-0.4, -0.2) is 6.54 Å². The topological polar surface area (TPSA) is 12.0 Å². The maximum absolute atomic E-state index is 13.8. The Bertz CT molecular complexity index is 512. The highest BCUT2D eigenvalue weighted by Gasteiger charge is 2.15. The van der Waals surface area contributed by atoms with Crippen molar-refractivity contribution in [1.29, 1.82) is 0 Å². The molecule has 2 aromatic rings. The van der Waals surface area contributed by atoms with Gasteiger partial charge >= 0.3 is 0 Å². The molecule has 0 bridgehead atoms. The molecule has 0 saturated heterocycles. The number of thiophene rings is 1. The Morgan fingerprint density at radius 1 is 1.28 bits per heavy atom. The van der Waals surface area contributed by atoms with Gasteiger partial charge in [0, 0.05) is 22.9 Å². The van der Waals surface area contributed by atoms with Crippen molar-refractivity contribution in [3.8, 4) is 0 Å². The minimum atomic E-state index is -0.161. The summed E-state index contributed by atoms with van der Waals surface area (Å²) in [4.78, 5) is 1.16. The van der Waals surface area contributed by atoms with E-state index < -0.39 is 0 Å². The normalized spacial score (nSPS) is 12.6. The zero-order valence-electron chi connectivity index (χ0n) is 10.1. The molecule has 0 saturated carbocycles. The Morgan fingerprint density at radius 3 is 2.67 bits per heavy atom. The van der Waals surface area contributed by atoms with Crippen LogP contribution in [0.2, 0.25) is 4.34 Å². The van der Waals surface area contributed by atoms with Crippen LogP contribution in [0.5, 0.6) is 0 Å². The molecule has 0 spiro atoms. The third-order valence-corrected chi connectivity index (χ3v) is 4.02. The smallest absolute Gasteiger partial charge is 0.127 e. The van der Waals surface area contributed by atoms with E-state index in [1.807, 2.05) is 31.2 Å². The molecular formula is C14H15ClFNS. The van der Waals surface area contributed by atoms with Crippen LogP contribution >= 0.6 is 22.9 Å². The maximum atomic E-state index is 13.8. The fraction of sp³-hybridized carbons (Fsp3) is 0.286. The van der Waals surface area contributed by atoms with Crippen molar-refractivity contribution in [2.75, 3.05) is 6.54 Å². The molecule has 0 aliphatic heterocycles. The van der Waals surface area contributed by atoms with Gasteiger partial charge in [-0.3, -0.25) is 0 Å². The lowest BCUT2D eigenvalue weighted by Crippen LogP contribution is -2.23. The minimum Gasteiger partial charge on any atom is -0.310 e. The van der Waals surface area contributed by atoms with Crippen LogP contribution in [-0.2, 0) is 6.42 Å². The summed E-state index contributed by atoms with van der Waals surface area (Å²) in [5.74, 6) is -0.161. The summed E-state index contributed by atoms with van der Waals surface area (Å²) < 4.78 is 14.6. The molecular weight excluding hydrogens is 269 g/mol. The van der Waals surface area contributed by atoms with E-state index in [9.17, 15) is 4.39 Å². The van der Waals surface area contributed by atoms with E-state index in [2.05, 4.69) is 5.32 Å². The standard InChI is InChI=1S/C14H15ClFNS/c1-2-17-13(9-10-7-8-14(15)18-10)11-5-3-4-6-12(11)16/h3-8,13,17H,2,9H2,1H3. The van der Waals surface area contributed by atoms with Gasteiger partial charge in [-0.1, -0.05) is 36.7 Å². The SMILES string of the molecule is CCNC(Cc1ccc(Cl)s1)c1ccccc1F. The first kappa shape index (κ1) is 13.5. The summed E-state index contributed by atoms with van der Waals surface area (Å²) in [5.41, 5.74) is 0.712. The first-order valence-electron chi connectivity index (χ1n) is 5.92. The first-order chi connectivity index (χ1) is 8.70. The van der Waals surface area contributed by atoms with E-state index >= 15 is 0 Å². The van der Waals surface area contributed by atoms with Crippen molar-refractivity contribution in [3.05, 3.63) is 57.0 Å². The van der Waals surface area contributed by atoms with E-state index in [-0.39, 0.29) is 11.9 Å². The summed E-state index contributed by atoms with van der Waals surface area (Å²) in [6.45, 7) is 2.83. The fourth-order valence-electron chi connectivity index (χ4n) is 1.96. The first-order valence-corrected chi connectivity index (χ1v) is 7.12. The second-order valence-electron chi connectivity index (χ2n) is 4.04. The fourth-order valence-corrected chi connectivity index (χ4v) is 3.09. The molecule has 0 aliphatic carbocycles. The van der Waals surface area contributed by atoms with Gasteiger partial charge in [-0.25, -0.2) is 4.39 Å². The molecule has 0 amide bonds. The number of hydrogen-bond acceptors (Lipinski definition) is 2. The highest BCUT2D eigenvalue weighted by molar-refractivity contribution is 7.16. The van der Waals surface area contributed by atoms with Gasteiger partial charge < -0.3 is 5.32 Å². The highest BCUT2D eigenvalue weighted by atomic mass is 35.5. The molecule has 1 atom stereocenters. The molecule has 1 nitrogen and oxygen atoms in total. The Morgan fingerprint density at radius 2 is 2.06 bits per heavy atom.